The summed E-state index contributed by atoms with van der Waals surface area (Å²) < 4.78 is 54.3. The van der Waals surface area contributed by atoms with Crippen LogP contribution in [0.2, 0.25) is 0 Å². The third-order valence-corrected chi connectivity index (χ3v) is 3.78. The largest absolute Gasteiger partial charge is 0.497 e. The van der Waals surface area contributed by atoms with Crippen molar-refractivity contribution >= 4 is 16.8 Å². The molecule has 0 amide bonds. The highest BCUT2D eigenvalue weighted by Crippen LogP contribution is 2.34. The lowest BCUT2D eigenvalue weighted by molar-refractivity contribution is -0.136. The van der Waals surface area contributed by atoms with E-state index in [0.717, 1.165) is 12.1 Å². The van der Waals surface area contributed by atoms with Gasteiger partial charge in [0.05, 0.1) is 12.7 Å². The summed E-state index contributed by atoms with van der Waals surface area (Å²) in [5, 5.41) is -0.270. The molecule has 0 spiro atoms. The van der Waals surface area contributed by atoms with Crippen molar-refractivity contribution in [3.05, 3.63) is 70.1 Å². The third-order valence-electron chi connectivity index (χ3n) is 3.78. The Morgan fingerprint density at radius 1 is 1.07 bits per heavy atom. The van der Waals surface area contributed by atoms with E-state index in [1.54, 1.807) is 24.3 Å². The van der Waals surface area contributed by atoms with Crippen molar-refractivity contribution in [2.75, 3.05) is 13.7 Å². The van der Waals surface area contributed by atoms with Gasteiger partial charge in [-0.1, -0.05) is 12.1 Å². The minimum atomic E-state index is -4.70. The maximum Gasteiger partial charge on any atom is 0.417 e. The normalized spacial score (nSPS) is 11.4. The number of ether oxygens (including phenoxy) is 2. The maximum atomic E-state index is 13.0. The first-order valence-electron chi connectivity index (χ1n) is 7.73. The first-order chi connectivity index (χ1) is 12.8. The number of hydrogen-bond acceptors (Lipinski definition) is 5. The molecule has 1 heterocycles. The predicted octanol–water partition coefficient (Wildman–Crippen LogP) is 4.08. The fraction of sp³-hybridized carbons (Fsp3) is 0.158. The minimum absolute atomic E-state index is 0.0984. The topological polar surface area (TPSA) is 65.7 Å². The molecule has 0 fully saturated rings. The molecule has 0 saturated heterocycles. The van der Waals surface area contributed by atoms with E-state index < -0.39 is 17.4 Å². The van der Waals surface area contributed by atoms with Gasteiger partial charge in [-0.3, -0.25) is 4.79 Å². The molecule has 0 aliphatic carbocycles. The van der Waals surface area contributed by atoms with Crippen LogP contribution in [-0.2, 0) is 6.18 Å². The molecule has 0 atom stereocenters. The van der Waals surface area contributed by atoms with Crippen molar-refractivity contribution in [1.29, 1.82) is 0 Å². The van der Waals surface area contributed by atoms with Gasteiger partial charge in [-0.15, -0.1) is 0 Å². The van der Waals surface area contributed by atoms with Crippen LogP contribution in [0.4, 0.5) is 13.2 Å². The van der Waals surface area contributed by atoms with Gasteiger partial charge in [0.25, 0.3) is 0 Å². The fourth-order valence-corrected chi connectivity index (χ4v) is 2.50. The van der Waals surface area contributed by atoms with Gasteiger partial charge in [0.15, 0.2) is 12.4 Å². The molecule has 3 rings (SSSR count). The van der Waals surface area contributed by atoms with Crippen LogP contribution < -0.4 is 15.1 Å². The summed E-state index contributed by atoms with van der Waals surface area (Å²) in [4.78, 5) is 23.6. The van der Waals surface area contributed by atoms with Crippen molar-refractivity contribution in [2.45, 2.75) is 6.18 Å². The first kappa shape index (κ1) is 18.5. The number of ketones is 1. The highest BCUT2D eigenvalue weighted by atomic mass is 19.4. The highest BCUT2D eigenvalue weighted by Gasteiger charge is 2.33. The molecule has 1 aromatic heterocycles. The van der Waals surface area contributed by atoms with Gasteiger partial charge in [0, 0.05) is 23.1 Å². The van der Waals surface area contributed by atoms with Crippen LogP contribution in [-0.4, -0.2) is 19.5 Å². The van der Waals surface area contributed by atoms with Crippen LogP contribution >= 0.6 is 0 Å². The van der Waals surface area contributed by atoms with E-state index in [-0.39, 0.29) is 29.1 Å². The average molecular weight is 378 g/mol. The average Bonchev–Trinajstić information content (AvgIpc) is 2.64. The SMILES string of the molecule is COc1cccc(C(=O)COc2ccc3c(C(F)(F)F)cc(=O)oc3c2)c1. The molecule has 5 nitrogen and oxygen atoms in total. The van der Waals surface area contributed by atoms with Crippen molar-refractivity contribution in [3.63, 3.8) is 0 Å². The zero-order chi connectivity index (χ0) is 19.6. The van der Waals surface area contributed by atoms with Crippen LogP contribution in [0.25, 0.3) is 11.0 Å². The molecular weight excluding hydrogens is 365 g/mol. The van der Waals surface area contributed by atoms with Crippen LogP contribution in [0.15, 0.2) is 57.7 Å². The second-order valence-electron chi connectivity index (χ2n) is 5.58. The van der Waals surface area contributed by atoms with Crippen molar-refractivity contribution in [3.8, 4) is 11.5 Å². The Labute approximate surface area is 150 Å². The number of benzene rings is 2. The van der Waals surface area contributed by atoms with Crippen LogP contribution in [0.5, 0.6) is 11.5 Å². The molecule has 27 heavy (non-hydrogen) atoms. The molecule has 140 valence electrons. The second kappa shape index (κ2) is 7.14. The molecule has 0 aliphatic rings. The van der Waals surface area contributed by atoms with E-state index in [4.69, 9.17) is 13.9 Å². The van der Waals surface area contributed by atoms with Gasteiger partial charge in [0.2, 0.25) is 0 Å². The van der Waals surface area contributed by atoms with Crippen molar-refractivity contribution in [1.82, 2.24) is 0 Å². The summed E-state index contributed by atoms with van der Waals surface area (Å²) in [5.41, 5.74) is -2.13. The number of Topliss-reactive ketones (excluding diaryl/α,β-unsaturated/α-hetero) is 1. The number of fused-ring (bicyclic) bond motifs is 1. The van der Waals surface area contributed by atoms with E-state index in [1.807, 2.05) is 0 Å². The Balaban J connectivity index is 1.83. The van der Waals surface area contributed by atoms with E-state index in [0.29, 0.717) is 17.4 Å². The summed E-state index contributed by atoms with van der Waals surface area (Å²) in [7, 11) is 1.47. The van der Waals surface area contributed by atoms with Gasteiger partial charge in [-0.05, 0) is 24.3 Å². The van der Waals surface area contributed by atoms with Crippen molar-refractivity contribution < 1.29 is 31.9 Å². The van der Waals surface area contributed by atoms with Gasteiger partial charge in [-0.25, -0.2) is 4.79 Å². The predicted molar refractivity (Wildman–Crippen MR) is 90.3 cm³/mol. The number of methoxy groups -OCH3 is 1. The molecule has 8 heteroatoms. The number of alkyl halides is 3. The van der Waals surface area contributed by atoms with E-state index in [9.17, 15) is 22.8 Å². The van der Waals surface area contributed by atoms with Crippen molar-refractivity contribution in [2.24, 2.45) is 0 Å². The van der Waals surface area contributed by atoms with Gasteiger partial charge >= 0.3 is 11.8 Å². The molecule has 0 N–H and O–H groups in total. The number of halogens is 3. The minimum Gasteiger partial charge on any atom is -0.497 e. The lowest BCUT2D eigenvalue weighted by atomic mass is 10.1. The summed E-state index contributed by atoms with van der Waals surface area (Å²) in [5.74, 6) is 0.258. The summed E-state index contributed by atoms with van der Waals surface area (Å²) >= 11 is 0. The fourth-order valence-electron chi connectivity index (χ4n) is 2.50. The molecular formula is C19H13F3O5. The summed E-state index contributed by atoms with van der Waals surface area (Å²) in [6.45, 7) is -0.345. The van der Waals surface area contributed by atoms with Gasteiger partial charge < -0.3 is 13.9 Å². The Bertz CT molecular complexity index is 1050. The molecule has 0 radical (unpaired) electrons. The van der Waals surface area contributed by atoms with Gasteiger partial charge in [-0.2, -0.15) is 13.2 Å². The Morgan fingerprint density at radius 3 is 2.56 bits per heavy atom. The third kappa shape index (κ3) is 4.11. The molecule has 3 aromatic rings. The van der Waals surface area contributed by atoms with Crippen LogP contribution in [0.3, 0.4) is 0 Å². The van der Waals surface area contributed by atoms with Crippen LogP contribution in [0.1, 0.15) is 15.9 Å². The van der Waals surface area contributed by atoms with E-state index >= 15 is 0 Å². The zero-order valence-electron chi connectivity index (χ0n) is 14.0. The molecule has 0 bridgehead atoms. The molecule has 2 aromatic carbocycles. The second-order valence-corrected chi connectivity index (χ2v) is 5.58. The number of carbonyl (C=O) groups is 1. The maximum absolute atomic E-state index is 13.0. The lowest BCUT2D eigenvalue weighted by Crippen LogP contribution is -2.12. The number of rotatable bonds is 5. The number of carbonyl (C=O) groups excluding carboxylic acids is 1. The van der Waals surface area contributed by atoms with Gasteiger partial charge in [0.1, 0.15) is 17.1 Å². The van der Waals surface area contributed by atoms with E-state index in [2.05, 4.69) is 0 Å². The summed E-state index contributed by atoms with van der Waals surface area (Å²) in [6.07, 6.45) is -4.70. The zero-order valence-corrected chi connectivity index (χ0v) is 14.0. The monoisotopic (exact) mass is 378 g/mol. The van der Waals surface area contributed by atoms with Crippen LogP contribution in [0, 0.1) is 0 Å². The summed E-state index contributed by atoms with van der Waals surface area (Å²) in [6, 6.07) is 10.4. The Morgan fingerprint density at radius 2 is 1.85 bits per heavy atom. The standard InChI is InChI=1S/C19H13F3O5/c1-25-12-4-2-3-11(7-12)16(23)10-26-13-5-6-14-15(19(20,21)22)9-18(24)27-17(14)8-13/h2-9H,10H2,1H3. The first-order valence-corrected chi connectivity index (χ1v) is 7.73. The molecule has 0 unspecified atom stereocenters. The Kier molecular flexibility index (Phi) is 4.89. The Hall–Kier alpha value is -3.29. The number of hydrogen-bond donors (Lipinski definition) is 0. The van der Waals surface area contributed by atoms with E-state index in [1.165, 1.54) is 13.2 Å². The highest BCUT2D eigenvalue weighted by molar-refractivity contribution is 5.97. The molecule has 0 aliphatic heterocycles. The lowest BCUT2D eigenvalue weighted by Gasteiger charge is -2.11. The molecule has 0 saturated carbocycles. The smallest absolute Gasteiger partial charge is 0.417 e. The quantitative estimate of drug-likeness (QED) is 0.494.